The number of amides is 2. The number of benzene rings is 1. The molecular weight excluding hydrogens is 400 g/mol. The van der Waals surface area contributed by atoms with E-state index in [4.69, 9.17) is 4.74 Å². The van der Waals surface area contributed by atoms with E-state index in [-0.39, 0.29) is 28.8 Å². The van der Waals surface area contributed by atoms with Crippen LogP contribution in [0, 0.1) is 28.6 Å². The van der Waals surface area contributed by atoms with Gasteiger partial charge >= 0.3 is 0 Å². The highest BCUT2D eigenvalue weighted by Gasteiger charge is 2.59. The third kappa shape index (κ3) is 3.19. The first-order chi connectivity index (χ1) is 15.3. The number of ether oxygens (including phenoxy) is 1. The lowest BCUT2D eigenvalue weighted by Crippen LogP contribution is -2.60. The number of carbonyl (C=O) groups excluding carboxylic acids is 2. The molecule has 172 valence electrons. The average molecular weight is 437 g/mol. The van der Waals surface area contributed by atoms with Crippen LogP contribution in [0.4, 0.5) is 5.69 Å². The zero-order valence-electron chi connectivity index (χ0n) is 19.8. The third-order valence-corrected chi connectivity index (χ3v) is 9.55. The van der Waals surface area contributed by atoms with Gasteiger partial charge in [-0.25, -0.2) is 0 Å². The number of rotatable bonds is 3. The highest BCUT2D eigenvalue weighted by Crippen LogP contribution is 2.64. The van der Waals surface area contributed by atoms with Crippen LogP contribution in [0.15, 0.2) is 35.9 Å². The molecule has 1 aromatic rings. The van der Waals surface area contributed by atoms with Crippen molar-refractivity contribution in [2.75, 3.05) is 19.5 Å². The molecule has 0 saturated heterocycles. The molecule has 6 atom stereocenters. The predicted molar refractivity (Wildman–Crippen MR) is 125 cm³/mol. The summed E-state index contributed by atoms with van der Waals surface area (Å²) in [6, 6.07) is 7.44. The Hall–Kier alpha value is -2.30. The van der Waals surface area contributed by atoms with E-state index in [9.17, 15) is 9.59 Å². The Morgan fingerprint density at radius 3 is 2.72 bits per heavy atom. The molecule has 1 aromatic carbocycles. The molecule has 1 N–H and O–H groups in total. The fraction of sp³-hybridized carbons (Fsp3) is 0.630. The van der Waals surface area contributed by atoms with Crippen molar-refractivity contribution in [2.45, 2.75) is 64.8 Å². The van der Waals surface area contributed by atoms with Crippen molar-refractivity contribution in [3.63, 3.8) is 0 Å². The van der Waals surface area contributed by atoms with Gasteiger partial charge in [0.2, 0.25) is 0 Å². The van der Waals surface area contributed by atoms with Crippen molar-refractivity contribution in [3.05, 3.63) is 35.9 Å². The van der Waals surface area contributed by atoms with Gasteiger partial charge in [-0.3, -0.25) is 9.59 Å². The molecule has 5 heteroatoms. The Kier molecular flexibility index (Phi) is 5.14. The Labute approximate surface area is 191 Å². The van der Waals surface area contributed by atoms with Gasteiger partial charge < -0.3 is 15.0 Å². The highest BCUT2D eigenvalue weighted by atomic mass is 16.5. The van der Waals surface area contributed by atoms with Gasteiger partial charge in [0.15, 0.2) is 0 Å². The number of hydrogen-bond acceptors (Lipinski definition) is 3. The first-order valence-electron chi connectivity index (χ1n) is 12.2. The summed E-state index contributed by atoms with van der Waals surface area (Å²) in [4.78, 5) is 28.4. The molecule has 5 nitrogen and oxygen atoms in total. The normalized spacial score (nSPS) is 38.3. The molecule has 3 aliphatic carbocycles. The van der Waals surface area contributed by atoms with Crippen LogP contribution in [0.3, 0.4) is 0 Å². The number of anilines is 1. The monoisotopic (exact) mass is 436 g/mol. The maximum absolute atomic E-state index is 13.3. The second-order valence-electron chi connectivity index (χ2n) is 11.1. The maximum Gasteiger partial charge on any atom is 0.260 e. The Morgan fingerprint density at radius 2 is 1.94 bits per heavy atom. The van der Waals surface area contributed by atoms with Crippen molar-refractivity contribution in [1.29, 1.82) is 0 Å². The average Bonchev–Trinajstić information content (AvgIpc) is 3.18. The summed E-state index contributed by atoms with van der Waals surface area (Å²) in [5.74, 6) is 2.23. The minimum Gasteiger partial charge on any atom is -0.497 e. The second-order valence-corrected chi connectivity index (χ2v) is 11.1. The number of nitrogens with zero attached hydrogens (tertiary/aromatic N) is 1. The van der Waals surface area contributed by atoms with Crippen LogP contribution >= 0.6 is 0 Å². The topological polar surface area (TPSA) is 58.6 Å². The fourth-order valence-electron chi connectivity index (χ4n) is 7.94. The predicted octanol–water partition coefficient (Wildman–Crippen LogP) is 5.03. The van der Waals surface area contributed by atoms with Crippen LogP contribution in [-0.4, -0.2) is 36.9 Å². The van der Waals surface area contributed by atoms with Gasteiger partial charge in [-0.15, -0.1) is 0 Å². The summed E-state index contributed by atoms with van der Waals surface area (Å²) in [5, 5.41) is 2.93. The van der Waals surface area contributed by atoms with E-state index in [0.717, 1.165) is 12.3 Å². The zero-order chi connectivity index (χ0) is 22.7. The number of methoxy groups -OCH3 is 1. The lowest BCUT2D eigenvalue weighted by atomic mass is 9.48. The van der Waals surface area contributed by atoms with Crippen LogP contribution in [0.2, 0.25) is 0 Å². The molecule has 4 aliphatic rings. The van der Waals surface area contributed by atoms with E-state index in [2.05, 4.69) is 25.2 Å². The van der Waals surface area contributed by atoms with Crippen LogP contribution in [0.25, 0.3) is 0 Å². The molecule has 5 rings (SSSR count). The lowest BCUT2D eigenvalue weighted by Gasteiger charge is -2.60. The highest BCUT2D eigenvalue weighted by molar-refractivity contribution is 6.23. The van der Waals surface area contributed by atoms with Gasteiger partial charge in [0.25, 0.3) is 11.8 Å². The van der Waals surface area contributed by atoms with Gasteiger partial charge in [0, 0.05) is 30.3 Å². The van der Waals surface area contributed by atoms with Crippen LogP contribution in [-0.2, 0) is 9.59 Å². The molecule has 0 spiro atoms. The number of hydrogen-bond donors (Lipinski definition) is 1. The largest absolute Gasteiger partial charge is 0.497 e. The lowest BCUT2D eigenvalue weighted by molar-refractivity contribution is -0.141. The van der Waals surface area contributed by atoms with E-state index >= 15 is 0 Å². The van der Waals surface area contributed by atoms with Crippen molar-refractivity contribution in [2.24, 2.45) is 28.6 Å². The number of carbonyl (C=O) groups is 2. The van der Waals surface area contributed by atoms with Crippen LogP contribution < -0.4 is 10.1 Å². The molecule has 0 bridgehead atoms. The Balaban J connectivity index is 1.47. The van der Waals surface area contributed by atoms with Crippen molar-refractivity contribution >= 4 is 17.5 Å². The SMILES string of the molecule is COc1cccc(NC(=O)C2=C[C@@]3(C)C(CC[C@@H]4[C@H]3CC[C@]3(C)CCC[C@@H]43)N(C)C2=O)c1. The van der Waals surface area contributed by atoms with Gasteiger partial charge in [-0.05, 0) is 73.8 Å². The summed E-state index contributed by atoms with van der Waals surface area (Å²) in [5.41, 5.74) is 1.27. The van der Waals surface area contributed by atoms with Crippen LogP contribution in [0.1, 0.15) is 58.8 Å². The summed E-state index contributed by atoms with van der Waals surface area (Å²) < 4.78 is 5.27. The third-order valence-electron chi connectivity index (χ3n) is 9.55. The van der Waals surface area contributed by atoms with E-state index in [0.29, 0.717) is 28.7 Å². The summed E-state index contributed by atoms with van der Waals surface area (Å²) in [7, 11) is 3.49. The Bertz CT molecular complexity index is 971. The van der Waals surface area contributed by atoms with Gasteiger partial charge in [0.05, 0.1) is 7.11 Å². The Morgan fingerprint density at radius 1 is 1.12 bits per heavy atom. The molecule has 1 unspecified atom stereocenters. The smallest absolute Gasteiger partial charge is 0.260 e. The molecule has 3 fully saturated rings. The zero-order valence-corrected chi connectivity index (χ0v) is 19.8. The molecule has 1 aliphatic heterocycles. The maximum atomic E-state index is 13.3. The number of likely N-dealkylation sites (N-methyl/N-ethyl adjacent to an activating group) is 1. The summed E-state index contributed by atoms with van der Waals surface area (Å²) in [6.07, 6.45) is 10.8. The molecule has 3 saturated carbocycles. The fourth-order valence-corrected chi connectivity index (χ4v) is 7.94. The standard InChI is InChI=1S/C27H36N2O3/c1-26-13-6-9-21(26)19-10-11-23-27(2,22(19)12-14-26)16-20(25(31)29(23)3)24(30)28-17-7-5-8-18(15-17)32-4/h5,7-8,15-16,19,21-23H,6,9-14H2,1-4H3,(H,28,30)/t19-,21-,22+,23?,26-,27+/m0/s1. The number of nitrogens with one attached hydrogen (secondary N) is 1. The quantitative estimate of drug-likeness (QED) is 0.676. The minimum absolute atomic E-state index is 0.156. The van der Waals surface area contributed by atoms with Crippen molar-refractivity contribution in [1.82, 2.24) is 4.90 Å². The van der Waals surface area contributed by atoms with Gasteiger partial charge in [-0.2, -0.15) is 0 Å². The van der Waals surface area contributed by atoms with Gasteiger partial charge in [0.1, 0.15) is 11.3 Å². The molecular formula is C27H36N2O3. The van der Waals surface area contributed by atoms with Gasteiger partial charge in [-0.1, -0.05) is 32.4 Å². The van der Waals surface area contributed by atoms with E-state index in [1.54, 1.807) is 13.2 Å². The van der Waals surface area contributed by atoms with Crippen LogP contribution in [0.5, 0.6) is 5.75 Å². The molecule has 1 heterocycles. The first-order valence-corrected chi connectivity index (χ1v) is 12.2. The first kappa shape index (κ1) is 21.5. The van der Waals surface area contributed by atoms with Crippen molar-refractivity contribution < 1.29 is 14.3 Å². The van der Waals surface area contributed by atoms with E-state index in [1.165, 1.54) is 38.5 Å². The molecule has 32 heavy (non-hydrogen) atoms. The number of fused-ring (bicyclic) bond motifs is 5. The molecule has 2 amide bonds. The summed E-state index contributed by atoms with van der Waals surface area (Å²) in [6.45, 7) is 4.82. The van der Waals surface area contributed by atoms with E-state index in [1.807, 2.05) is 30.1 Å². The van der Waals surface area contributed by atoms with Crippen molar-refractivity contribution in [3.8, 4) is 5.75 Å². The molecule has 0 aromatic heterocycles. The molecule has 0 radical (unpaired) electrons. The second kappa shape index (κ2) is 7.64. The summed E-state index contributed by atoms with van der Waals surface area (Å²) >= 11 is 0. The minimum atomic E-state index is -0.321. The van der Waals surface area contributed by atoms with E-state index < -0.39 is 0 Å².